The van der Waals surface area contributed by atoms with Crippen LogP contribution in [0.25, 0.3) is 6.08 Å². The first kappa shape index (κ1) is 33.0. The number of Topliss-reactive ketones (excluding diaryl/α,β-unsaturated/α-hetero) is 1. The molecule has 3 saturated carbocycles. The Kier molecular flexibility index (Phi) is 8.36. The molecule has 0 unspecified atom stereocenters. The predicted octanol–water partition coefficient (Wildman–Crippen LogP) is 6.06. The molecule has 0 saturated heterocycles. The summed E-state index contributed by atoms with van der Waals surface area (Å²) in [7, 11) is 0. The Bertz CT molecular complexity index is 1580. The highest BCUT2D eigenvalue weighted by atomic mass is 35.5. The average Bonchev–Trinajstić information content (AvgIpc) is 3.71. The van der Waals surface area contributed by atoms with E-state index in [-0.39, 0.29) is 37.0 Å². The number of aliphatic hydroxyl groups excluding tert-OH is 1. The van der Waals surface area contributed by atoms with Crippen molar-refractivity contribution in [3.05, 3.63) is 46.7 Å². The molecule has 250 valence electrons. The van der Waals surface area contributed by atoms with E-state index >= 15 is 0 Å². The zero-order chi connectivity index (χ0) is 33.2. The largest absolute Gasteiger partial charge is 0.464 e. The number of ketones is 1. The van der Waals surface area contributed by atoms with Crippen LogP contribution in [0.5, 0.6) is 0 Å². The van der Waals surface area contributed by atoms with Gasteiger partial charge in [0.1, 0.15) is 11.5 Å². The Morgan fingerprint density at radius 3 is 2.50 bits per heavy atom. The number of furan rings is 1. The van der Waals surface area contributed by atoms with Crippen LogP contribution in [-0.4, -0.2) is 55.8 Å². The van der Waals surface area contributed by atoms with E-state index in [1.54, 1.807) is 13.8 Å². The summed E-state index contributed by atoms with van der Waals surface area (Å²) in [6, 6.07) is 4.00. The molecular formula is C36H47ClN2O7. The molecule has 3 fully saturated rings. The van der Waals surface area contributed by atoms with E-state index < -0.39 is 51.7 Å². The first-order valence-corrected chi connectivity index (χ1v) is 17.3. The van der Waals surface area contributed by atoms with Gasteiger partial charge in [0.2, 0.25) is 5.78 Å². The quantitative estimate of drug-likeness (QED) is 0.256. The maximum atomic E-state index is 14.1. The van der Waals surface area contributed by atoms with Gasteiger partial charge in [0.05, 0.1) is 29.4 Å². The van der Waals surface area contributed by atoms with Gasteiger partial charge < -0.3 is 19.0 Å². The molecule has 2 aromatic heterocycles. The summed E-state index contributed by atoms with van der Waals surface area (Å²) in [6.45, 7) is 11.6. The Hall–Kier alpha value is -2.91. The van der Waals surface area contributed by atoms with Crippen molar-refractivity contribution in [2.24, 2.45) is 28.6 Å². The molecule has 0 radical (unpaired) electrons. The number of nitrogens with zero attached hydrogens (tertiary/aromatic N) is 2. The van der Waals surface area contributed by atoms with Gasteiger partial charge in [-0.25, -0.2) is 0 Å². The van der Waals surface area contributed by atoms with Crippen LogP contribution in [0.3, 0.4) is 0 Å². The molecule has 10 heteroatoms. The van der Waals surface area contributed by atoms with Crippen molar-refractivity contribution in [2.45, 2.75) is 116 Å². The minimum absolute atomic E-state index is 0.102. The van der Waals surface area contributed by atoms with E-state index in [9.17, 15) is 19.5 Å². The number of alkyl halides is 1. The Labute approximate surface area is 276 Å². The van der Waals surface area contributed by atoms with Crippen LogP contribution in [0.15, 0.2) is 28.3 Å². The van der Waals surface area contributed by atoms with Gasteiger partial charge in [-0.3, -0.25) is 19.1 Å². The van der Waals surface area contributed by atoms with Gasteiger partial charge >= 0.3 is 11.9 Å². The van der Waals surface area contributed by atoms with Crippen LogP contribution >= 0.6 is 11.6 Å². The Morgan fingerprint density at radius 2 is 1.83 bits per heavy atom. The highest BCUT2D eigenvalue weighted by molar-refractivity contribution is 6.26. The van der Waals surface area contributed by atoms with Crippen LogP contribution in [0.4, 0.5) is 0 Å². The first-order chi connectivity index (χ1) is 21.8. The molecule has 4 aliphatic carbocycles. The van der Waals surface area contributed by atoms with Crippen LogP contribution < -0.4 is 0 Å². The predicted molar refractivity (Wildman–Crippen MR) is 172 cm³/mol. The number of rotatable bonds is 9. The van der Waals surface area contributed by atoms with Gasteiger partial charge in [0, 0.05) is 36.0 Å². The lowest BCUT2D eigenvalue weighted by Gasteiger charge is -2.65. The lowest BCUT2D eigenvalue weighted by molar-refractivity contribution is -0.204. The van der Waals surface area contributed by atoms with Crippen molar-refractivity contribution in [3.63, 3.8) is 0 Å². The number of aromatic nitrogens is 2. The van der Waals surface area contributed by atoms with Crippen molar-refractivity contribution in [1.29, 1.82) is 0 Å². The number of aryl methyl sites for hydroxylation is 1. The Morgan fingerprint density at radius 1 is 1.11 bits per heavy atom. The number of carbonyl (C=O) groups excluding carboxylic acids is 3. The van der Waals surface area contributed by atoms with Gasteiger partial charge in [-0.1, -0.05) is 47.1 Å². The second-order valence-corrected chi connectivity index (χ2v) is 15.0. The van der Waals surface area contributed by atoms with Crippen molar-refractivity contribution < 1.29 is 33.4 Å². The molecule has 6 rings (SSSR count). The number of esters is 2. The molecule has 2 heterocycles. The topological polar surface area (TPSA) is 121 Å². The van der Waals surface area contributed by atoms with Crippen LogP contribution in [-0.2, 0) is 43.2 Å². The maximum Gasteiger partial charge on any atom is 0.306 e. The highest BCUT2D eigenvalue weighted by Crippen LogP contribution is 2.72. The average molecular weight is 655 g/mol. The molecular weight excluding hydrogens is 608 g/mol. The molecule has 2 aromatic rings. The molecule has 1 N–H and O–H groups in total. The van der Waals surface area contributed by atoms with E-state index in [2.05, 4.69) is 19.9 Å². The second-order valence-electron chi connectivity index (χ2n) is 14.4. The third-order valence-electron chi connectivity index (χ3n) is 12.2. The third kappa shape index (κ3) is 4.58. The summed E-state index contributed by atoms with van der Waals surface area (Å²) in [5, 5.41) is 17.0. The smallest absolute Gasteiger partial charge is 0.306 e. The number of hydrogen-bond donors (Lipinski definition) is 1. The zero-order valence-corrected chi connectivity index (χ0v) is 28.6. The summed E-state index contributed by atoms with van der Waals surface area (Å²) >= 11 is 7.87. The second kappa shape index (κ2) is 11.7. The van der Waals surface area contributed by atoms with Gasteiger partial charge in [-0.05, 0) is 67.7 Å². The summed E-state index contributed by atoms with van der Waals surface area (Å²) < 4.78 is 19.4. The lowest BCUT2D eigenvalue weighted by atomic mass is 9.44. The number of fused-ring (bicyclic) bond motifs is 6. The molecule has 9 nitrogen and oxygen atoms in total. The fourth-order valence-corrected chi connectivity index (χ4v) is 10.4. The minimum atomic E-state index is -1.54. The van der Waals surface area contributed by atoms with E-state index in [0.717, 1.165) is 42.0 Å². The van der Waals surface area contributed by atoms with E-state index in [1.807, 2.05) is 36.9 Å². The molecule has 46 heavy (non-hydrogen) atoms. The monoisotopic (exact) mass is 654 g/mol. The van der Waals surface area contributed by atoms with Crippen LogP contribution in [0, 0.1) is 28.6 Å². The molecule has 0 aliphatic heterocycles. The lowest BCUT2D eigenvalue weighted by Crippen LogP contribution is -2.70. The zero-order valence-electron chi connectivity index (χ0n) is 27.9. The fourth-order valence-electron chi connectivity index (χ4n) is 9.88. The minimum Gasteiger partial charge on any atom is -0.464 e. The molecule has 0 spiro atoms. The SMILES string of the molecule is CCC(=O)OCC(=O)[C@]1(OC(=O)CC)[C@@H](C)C[C@H]2[C@@H]3CCC4=Cc5c(cnn5Cc5ccc(CC)o5)C[C@]4(C)[C@@]3(Cl)[C@@H](O)C[C@@]21C. The molecule has 4 aliphatic rings. The summed E-state index contributed by atoms with van der Waals surface area (Å²) in [4.78, 5) is 38.1. The number of hydrogen-bond acceptors (Lipinski definition) is 8. The van der Waals surface area contributed by atoms with Gasteiger partial charge in [-0.2, -0.15) is 5.10 Å². The molecule has 8 atom stereocenters. The highest BCUT2D eigenvalue weighted by Gasteiger charge is 2.76. The third-order valence-corrected chi connectivity index (χ3v) is 13.1. The van der Waals surface area contributed by atoms with Gasteiger partial charge in [0.15, 0.2) is 12.2 Å². The van der Waals surface area contributed by atoms with Crippen molar-refractivity contribution in [1.82, 2.24) is 9.78 Å². The number of ether oxygens (including phenoxy) is 2. The molecule has 0 aromatic carbocycles. The van der Waals surface area contributed by atoms with Crippen LogP contribution in [0.1, 0.15) is 103 Å². The first-order valence-electron chi connectivity index (χ1n) is 16.9. The van der Waals surface area contributed by atoms with Gasteiger partial charge in [-0.15, -0.1) is 11.6 Å². The summed E-state index contributed by atoms with van der Waals surface area (Å²) in [5.74, 6) is -0.206. The molecule has 0 amide bonds. The molecule has 0 bridgehead atoms. The van der Waals surface area contributed by atoms with E-state index in [1.165, 1.54) is 5.57 Å². The number of carbonyl (C=O) groups is 3. The fraction of sp³-hybridized carbons (Fsp3) is 0.667. The summed E-state index contributed by atoms with van der Waals surface area (Å²) in [6.07, 6.45) is 7.14. The van der Waals surface area contributed by atoms with Crippen molar-refractivity contribution in [2.75, 3.05) is 6.61 Å². The summed E-state index contributed by atoms with van der Waals surface area (Å²) in [5.41, 5.74) is 0.310. The Balaban J connectivity index is 1.35. The van der Waals surface area contributed by atoms with E-state index in [4.69, 9.17) is 30.6 Å². The maximum absolute atomic E-state index is 14.1. The number of allylic oxidation sites excluding steroid dienone is 1. The van der Waals surface area contributed by atoms with Crippen molar-refractivity contribution >= 4 is 35.4 Å². The van der Waals surface area contributed by atoms with Crippen LogP contribution in [0.2, 0.25) is 0 Å². The normalized spacial score (nSPS) is 36.1. The van der Waals surface area contributed by atoms with E-state index in [0.29, 0.717) is 19.4 Å². The van der Waals surface area contributed by atoms with Gasteiger partial charge in [0.25, 0.3) is 0 Å². The van der Waals surface area contributed by atoms with Crippen molar-refractivity contribution in [3.8, 4) is 0 Å². The standard InChI is InChI=1S/C36H47ClN2O7/c1-7-24-11-12-25(45-24)19-39-28-15-23-10-13-26-27-14-21(4)36(46-32(43)9-3,30(41)20-44-31(42)8-2)34(27,6)17-29(40)35(26,37)33(23,5)16-22(28)18-38-39/h11-12,15,18,21,26-27,29,40H,7-10,13-14,16-17,19-20H2,1-6H3/t21-,26-,27-,29-,33-,34-,35-,36+/m0/s1. The number of aliphatic hydroxyl groups is 1. The number of halogens is 1.